The molecule has 10 heteroatoms. The molecule has 0 saturated carbocycles. The zero-order valence-corrected chi connectivity index (χ0v) is 27.8. The number of amides is 1. The molecule has 0 bridgehead atoms. The van der Waals surface area contributed by atoms with Gasteiger partial charge in [-0.05, 0) is 82.9 Å². The van der Waals surface area contributed by atoms with Gasteiger partial charge in [-0.2, -0.15) is 13.2 Å². The molecule has 6 nitrogen and oxygen atoms in total. The molecule has 1 aliphatic heterocycles. The van der Waals surface area contributed by atoms with Crippen molar-refractivity contribution in [1.29, 1.82) is 0 Å². The van der Waals surface area contributed by atoms with Crippen LogP contribution in [0.2, 0.25) is 0 Å². The minimum Gasteiger partial charge on any atom is -0.480 e. The molecule has 1 aliphatic rings. The number of nitrogens with zero attached hydrogens (tertiary/aromatic N) is 1. The number of nitrogens with one attached hydrogen (secondary N) is 1. The van der Waals surface area contributed by atoms with Crippen molar-refractivity contribution < 1.29 is 32.7 Å². The molecule has 2 N–H and O–H groups in total. The number of carboxylic acids is 1. The predicted octanol–water partition coefficient (Wildman–Crippen LogP) is 8.17. The molecule has 4 aromatic carbocycles. The third kappa shape index (κ3) is 8.04. The second-order valence-corrected chi connectivity index (χ2v) is 13.4. The molecule has 1 amide bonds. The van der Waals surface area contributed by atoms with Gasteiger partial charge in [0.05, 0.1) is 5.56 Å². The quantitative estimate of drug-likeness (QED) is 0.138. The molecule has 1 fully saturated rings. The Bertz CT molecular complexity index is 1910. The predicted molar refractivity (Wildman–Crippen MR) is 188 cm³/mol. The standard InChI is InChI=1S/C40H35F3N2O4S/c41-40(42,43)32-20-18-30(19-21-32)29-14-16-31(17-15-29)38(47)45(37(34-9-4-22-44-34)36(46)25-33-8-5-23-50-33)35(39(48)49)24-26-10-12-28(13-11-26)27-6-2-1-3-7-27/h1-3,5-8,10-21,23,34-35,37,44H,4,9,22,24-25H2,(H,48,49)/t34-,35+,37?/m1/s1. The van der Waals surface area contributed by atoms with Crippen LogP contribution in [0.5, 0.6) is 0 Å². The van der Waals surface area contributed by atoms with E-state index in [-0.39, 0.29) is 24.2 Å². The van der Waals surface area contributed by atoms with E-state index < -0.39 is 41.7 Å². The topological polar surface area (TPSA) is 86.7 Å². The van der Waals surface area contributed by atoms with Gasteiger partial charge in [-0.1, -0.05) is 84.9 Å². The molecule has 0 aliphatic carbocycles. The Hall–Kier alpha value is -5.06. The molecule has 0 spiro atoms. The number of halogens is 3. The molecular formula is C40H35F3N2O4S. The molecule has 5 aromatic rings. The molecule has 0 radical (unpaired) electrons. The summed E-state index contributed by atoms with van der Waals surface area (Å²) in [5.41, 5.74) is 3.16. The zero-order chi connectivity index (χ0) is 35.3. The lowest BCUT2D eigenvalue weighted by molar-refractivity contribution is -0.144. The average molecular weight is 697 g/mol. The number of carbonyl (C=O) groups is 3. The van der Waals surface area contributed by atoms with E-state index in [2.05, 4.69) is 5.32 Å². The lowest BCUT2D eigenvalue weighted by atomic mass is 9.92. The first-order chi connectivity index (χ1) is 24.1. The number of carbonyl (C=O) groups excluding carboxylic acids is 2. The number of aliphatic carboxylic acids is 1. The van der Waals surface area contributed by atoms with Gasteiger partial charge >= 0.3 is 12.1 Å². The van der Waals surface area contributed by atoms with E-state index in [1.165, 1.54) is 40.5 Å². The monoisotopic (exact) mass is 696 g/mol. The van der Waals surface area contributed by atoms with Crippen LogP contribution in [0, 0.1) is 0 Å². The van der Waals surface area contributed by atoms with Gasteiger partial charge < -0.3 is 15.3 Å². The maximum absolute atomic E-state index is 14.6. The van der Waals surface area contributed by atoms with Crippen LogP contribution in [0.1, 0.15) is 39.2 Å². The highest BCUT2D eigenvalue weighted by molar-refractivity contribution is 7.10. The zero-order valence-electron chi connectivity index (χ0n) is 27.0. The normalized spacial score (nSPS) is 15.7. The first-order valence-electron chi connectivity index (χ1n) is 16.3. The number of hydrogen-bond donors (Lipinski definition) is 2. The molecule has 1 unspecified atom stereocenters. The fourth-order valence-electron chi connectivity index (χ4n) is 6.50. The summed E-state index contributed by atoms with van der Waals surface area (Å²) in [5, 5.41) is 15.9. The third-order valence-electron chi connectivity index (χ3n) is 9.06. The first-order valence-corrected chi connectivity index (χ1v) is 17.2. The highest BCUT2D eigenvalue weighted by atomic mass is 32.1. The van der Waals surface area contributed by atoms with Crippen LogP contribution in [0.15, 0.2) is 121 Å². The molecule has 6 rings (SSSR count). The minimum atomic E-state index is -4.46. The SMILES string of the molecule is O=C(Cc1cccs1)C([C@H]1CCCN1)N(C(=O)c1ccc(-c2ccc(C(F)(F)F)cc2)cc1)[C@@H](Cc1ccc(-c2ccccc2)cc1)C(=O)O. The lowest BCUT2D eigenvalue weighted by Crippen LogP contribution is -2.60. The van der Waals surface area contributed by atoms with Crippen molar-refractivity contribution in [2.45, 2.75) is 50.0 Å². The van der Waals surface area contributed by atoms with E-state index >= 15 is 0 Å². The van der Waals surface area contributed by atoms with E-state index in [1.54, 1.807) is 12.1 Å². The summed E-state index contributed by atoms with van der Waals surface area (Å²) in [6.45, 7) is 0.635. The van der Waals surface area contributed by atoms with Gasteiger partial charge in [-0.3, -0.25) is 9.59 Å². The molecule has 256 valence electrons. The van der Waals surface area contributed by atoms with Crippen molar-refractivity contribution in [3.63, 3.8) is 0 Å². The van der Waals surface area contributed by atoms with Gasteiger partial charge in [0.25, 0.3) is 5.91 Å². The van der Waals surface area contributed by atoms with Gasteiger partial charge in [-0.15, -0.1) is 11.3 Å². The highest BCUT2D eigenvalue weighted by Crippen LogP contribution is 2.32. The molecule has 1 saturated heterocycles. The number of thiophene rings is 1. The van der Waals surface area contributed by atoms with Crippen LogP contribution in [-0.2, 0) is 28.6 Å². The number of benzene rings is 4. The second kappa shape index (κ2) is 15.2. The third-order valence-corrected chi connectivity index (χ3v) is 9.94. The van der Waals surface area contributed by atoms with Crippen LogP contribution in [0.25, 0.3) is 22.3 Å². The highest BCUT2D eigenvalue weighted by Gasteiger charge is 2.44. The first kappa shape index (κ1) is 34.8. The van der Waals surface area contributed by atoms with Crippen molar-refractivity contribution in [1.82, 2.24) is 10.2 Å². The van der Waals surface area contributed by atoms with Crippen LogP contribution in [0.3, 0.4) is 0 Å². The van der Waals surface area contributed by atoms with Crippen LogP contribution in [-0.4, -0.2) is 52.3 Å². The lowest BCUT2D eigenvalue weighted by Gasteiger charge is -2.38. The summed E-state index contributed by atoms with van der Waals surface area (Å²) in [7, 11) is 0. The Morgan fingerprint density at radius 2 is 1.40 bits per heavy atom. The minimum absolute atomic E-state index is 0.0325. The smallest absolute Gasteiger partial charge is 0.416 e. The Morgan fingerprint density at radius 1 is 0.800 bits per heavy atom. The van der Waals surface area contributed by atoms with Crippen molar-refractivity contribution >= 4 is 29.0 Å². The number of Topliss-reactive ketones (excluding diaryl/α,β-unsaturated/α-hetero) is 1. The number of carboxylic acid groups (broad SMARTS) is 1. The van der Waals surface area contributed by atoms with Gasteiger partial charge in [0.1, 0.15) is 12.1 Å². The molecule has 2 heterocycles. The van der Waals surface area contributed by atoms with E-state index in [9.17, 15) is 32.7 Å². The Balaban J connectivity index is 1.36. The Labute approximate surface area is 292 Å². The van der Waals surface area contributed by atoms with E-state index in [1.807, 2.05) is 72.1 Å². The summed E-state index contributed by atoms with van der Waals surface area (Å²) >= 11 is 1.42. The maximum Gasteiger partial charge on any atom is 0.416 e. The van der Waals surface area contributed by atoms with Gasteiger partial charge in [-0.25, -0.2) is 4.79 Å². The summed E-state index contributed by atoms with van der Waals surface area (Å²) in [6, 6.07) is 29.1. The Morgan fingerprint density at radius 3 is 1.94 bits per heavy atom. The van der Waals surface area contributed by atoms with Crippen LogP contribution in [0.4, 0.5) is 13.2 Å². The fraction of sp³-hybridized carbons (Fsp3) is 0.225. The van der Waals surface area contributed by atoms with Crippen molar-refractivity contribution in [3.05, 3.63) is 142 Å². The van der Waals surface area contributed by atoms with Gasteiger partial charge in [0.2, 0.25) is 0 Å². The summed E-state index contributed by atoms with van der Waals surface area (Å²) < 4.78 is 39.3. The van der Waals surface area contributed by atoms with Crippen molar-refractivity contribution in [3.8, 4) is 22.3 Å². The summed E-state index contributed by atoms with van der Waals surface area (Å²) in [4.78, 5) is 44.0. The number of ketones is 1. The molecule has 1 aromatic heterocycles. The number of alkyl halides is 3. The molecule has 3 atom stereocenters. The summed E-state index contributed by atoms with van der Waals surface area (Å²) in [6.07, 6.45) is -3.08. The van der Waals surface area contributed by atoms with E-state index in [0.717, 1.165) is 34.6 Å². The van der Waals surface area contributed by atoms with Gasteiger partial charge in [0, 0.05) is 29.3 Å². The fourth-order valence-corrected chi connectivity index (χ4v) is 7.22. The molecular weight excluding hydrogens is 662 g/mol. The second-order valence-electron chi connectivity index (χ2n) is 12.4. The average Bonchev–Trinajstić information content (AvgIpc) is 3.85. The molecule has 50 heavy (non-hydrogen) atoms. The summed E-state index contributed by atoms with van der Waals surface area (Å²) in [5.74, 6) is -2.11. The van der Waals surface area contributed by atoms with Crippen LogP contribution < -0.4 is 5.32 Å². The maximum atomic E-state index is 14.6. The Kier molecular flexibility index (Phi) is 10.6. The van der Waals surface area contributed by atoms with Gasteiger partial charge in [0.15, 0.2) is 5.78 Å². The number of hydrogen-bond acceptors (Lipinski definition) is 5. The van der Waals surface area contributed by atoms with Crippen molar-refractivity contribution in [2.24, 2.45) is 0 Å². The van der Waals surface area contributed by atoms with Crippen molar-refractivity contribution in [2.75, 3.05) is 6.54 Å². The van der Waals surface area contributed by atoms with E-state index in [4.69, 9.17) is 0 Å². The largest absolute Gasteiger partial charge is 0.480 e. The van der Waals surface area contributed by atoms with Crippen LogP contribution >= 0.6 is 11.3 Å². The van der Waals surface area contributed by atoms with E-state index in [0.29, 0.717) is 29.7 Å². The number of rotatable bonds is 12.